The van der Waals surface area contributed by atoms with Gasteiger partial charge in [0.25, 0.3) is 0 Å². The fourth-order valence-corrected chi connectivity index (χ4v) is 7.98. The van der Waals surface area contributed by atoms with Crippen molar-refractivity contribution in [1.82, 2.24) is 10.2 Å². The minimum absolute atomic E-state index is 0.0170. The summed E-state index contributed by atoms with van der Waals surface area (Å²) in [7, 11) is 0. The van der Waals surface area contributed by atoms with Gasteiger partial charge < -0.3 is 20.3 Å². The molecule has 7 nitrogen and oxygen atoms in total. The van der Waals surface area contributed by atoms with Gasteiger partial charge in [0.15, 0.2) is 0 Å². The van der Waals surface area contributed by atoms with Crippen LogP contribution >= 0.6 is 0 Å². The van der Waals surface area contributed by atoms with E-state index in [2.05, 4.69) is 31.4 Å². The van der Waals surface area contributed by atoms with Crippen LogP contribution in [0.1, 0.15) is 90.0 Å². The zero-order valence-corrected chi connectivity index (χ0v) is 23.5. The van der Waals surface area contributed by atoms with Gasteiger partial charge >= 0.3 is 0 Å². The van der Waals surface area contributed by atoms with Gasteiger partial charge in [0.2, 0.25) is 17.7 Å². The number of ether oxygens (including phenoxy) is 1. The van der Waals surface area contributed by atoms with Crippen LogP contribution in [0.3, 0.4) is 0 Å². The summed E-state index contributed by atoms with van der Waals surface area (Å²) in [4.78, 5) is 44.1. The van der Waals surface area contributed by atoms with E-state index < -0.39 is 29.6 Å². The summed E-state index contributed by atoms with van der Waals surface area (Å²) >= 11 is 0. The van der Waals surface area contributed by atoms with E-state index in [1.54, 1.807) is 0 Å². The molecule has 1 aromatic carbocycles. The number of carbonyl (C=O) groups excluding carboxylic acids is 3. The van der Waals surface area contributed by atoms with Gasteiger partial charge in [-0.2, -0.15) is 0 Å². The highest BCUT2D eigenvalue weighted by atomic mass is 16.5. The first-order valence-electron chi connectivity index (χ1n) is 15.2. The fraction of sp³-hybridized carbons (Fsp3) is 0.656. The first kappa shape index (κ1) is 26.5. The van der Waals surface area contributed by atoms with Crippen molar-refractivity contribution in [2.75, 3.05) is 5.32 Å². The molecule has 4 fully saturated rings. The zero-order chi connectivity index (χ0) is 27.3. The Morgan fingerprint density at radius 2 is 1.67 bits per heavy atom. The smallest absolute Gasteiger partial charge is 0.246 e. The van der Waals surface area contributed by atoms with Crippen LogP contribution in [0, 0.1) is 17.8 Å². The van der Waals surface area contributed by atoms with Gasteiger partial charge in [-0.3, -0.25) is 14.4 Å². The lowest BCUT2D eigenvalue weighted by Gasteiger charge is -2.42. The molecule has 1 spiro atoms. The Morgan fingerprint density at radius 3 is 2.36 bits per heavy atom. The molecule has 7 atom stereocenters. The second-order valence-electron chi connectivity index (χ2n) is 12.9. The molecular formula is C32H43N3O4. The standard InChI is InChI=1S/C32H43N3O4/c1-19(2)21-13-15-23(16-14-21)33-29(36)26-25-17-18-32(39-25)27(26)31(38)35(24-12-8-7-9-20(24)3)28(32)30(37)34-22-10-5-4-6-11-22/h13-20,22,24-28H,4-12H2,1-3H3,(H,33,36)(H,34,37). The molecule has 7 heteroatoms. The van der Waals surface area contributed by atoms with E-state index in [1.165, 1.54) is 12.0 Å². The third-order valence-electron chi connectivity index (χ3n) is 10.1. The number of nitrogens with one attached hydrogen (secondary N) is 2. The molecule has 2 bridgehead atoms. The molecule has 2 N–H and O–H groups in total. The Morgan fingerprint density at radius 1 is 0.974 bits per heavy atom. The Labute approximate surface area is 232 Å². The molecular weight excluding hydrogens is 490 g/mol. The lowest BCUT2D eigenvalue weighted by molar-refractivity contribution is -0.146. The number of nitrogens with zero attached hydrogens (tertiary/aromatic N) is 1. The highest BCUT2D eigenvalue weighted by Crippen LogP contribution is 2.56. The van der Waals surface area contributed by atoms with Crippen molar-refractivity contribution in [1.29, 1.82) is 0 Å². The minimum atomic E-state index is -1.10. The van der Waals surface area contributed by atoms with E-state index in [4.69, 9.17) is 4.74 Å². The largest absolute Gasteiger partial charge is 0.359 e. The highest BCUT2D eigenvalue weighted by Gasteiger charge is 2.73. The Hall–Kier alpha value is -2.67. The van der Waals surface area contributed by atoms with Crippen molar-refractivity contribution < 1.29 is 19.1 Å². The maximum Gasteiger partial charge on any atom is 0.246 e. The average molecular weight is 534 g/mol. The summed E-state index contributed by atoms with van der Waals surface area (Å²) in [5, 5.41) is 6.36. The normalized spacial score (nSPS) is 35.9. The molecule has 39 heavy (non-hydrogen) atoms. The maximum atomic E-state index is 14.4. The zero-order valence-electron chi connectivity index (χ0n) is 23.5. The summed E-state index contributed by atoms with van der Waals surface area (Å²) in [6, 6.07) is 7.26. The van der Waals surface area contributed by atoms with Gasteiger partial charge in [-0.15, -0.1) is 0 Å². The lowest BCUT2D eigenvalue weighted by atomic mass is 9.74. The highest BCUT2D eigenvalue weighted by molar-refractivity contribution is 6.03. The molecule has 1 aromatic rings. The van der Waals surface area contributed by atoms with Crippen LogP contribution in [0.25, 0.3) is 0 Å². The number of carbonyl (C=O) groups is 3. The van der Waals surface area contributed by atoms with Crippen LogP contribution in [0.15, 0.2) is 36.4 Å². The quantitative estimate of drug-likeness (QED) is 0.508. The molecule has 3 heterocycles. The summed E-state index contributed by atoms with van der Waals surface area (Å²) < 4.78 is 6.56. The molecule has 7 unspecified atom stereocenters. The number of anilines is 1. The topological polar surface area (TPSA) is 87.7 Å². The third-order valence-corrected chi connectivity index (χ3v) is 10.1. The summed E-state index contributed by atoms with van der Waals surface area (Å²) in [5.41, 5.74) is 0.814. The monoisotopic (exact) mass is 533 g/mol. The predicted molar refractivity (Wildman–Crippen MR) is 150 cm³/mol. The van der Waals surface area contributed by atoms with Crippen LogP contribution in [0.4, 0.5) is 5.69 Å². The van der Waals surface area contributed by atoms with Crippen LogP contribution in [-0.4, -0.2) is 52.5 Å². The lowest BCUT2D eigenvalue weighted by Crippen LogP contribution is -2.59. The minimum Gasteiger partial charge on any atom is -0.359 e. The van der Waals surface area contributed by atoms with Gasteiger partial charge in [-0.25, -0.2) is 0 Å². The molecule has 6 rings (SSSR count). The van der Waals surface area contributed by atoms with Crippen molar-refractivity contribution in [3.63, 3.8) is 0 Å². The number of rotatable bonds is 6. The number of hydrogen-bond donors (Lipinski definition) is 2. The molecule has 2 saturated heterocycles. The fourth-order valence-electron chi connectivity index (χ4n) is 7.98. The second kappa shape index (κ2) is 10.4. The van der Waals surface area contributed by atoms with Crippen LogP contribution in [0.2, 0.25) is 0 Å². The van der Waals surface area contributed by atoms with E-state index in [-0.39, 0.29) is 29.8 Å². The summed E-state index contributed by atoms with van der Waals surface area (Å²) in [6.45, 7) is 6.47. The first-order valence-corrected chi connectivity index (χ1v) is 15.2. The van der Waals surface area contributed by atoms with E-state index >= 15 is 0 Å². The van der Waals surface area contributed by atoms with Gasteiger partial charge in [-0.05, 0) is 55.2 Å². The molecule has 3 aliphatic heterocycles. The number of hydrogen-bond acceptors (Lipinski definition) is 4. The summed E-state index contributed by atoms with van der Waals surface area (Å²) in [5.74, 6) is -1.09. The molecule has 2 aliphatic carbocycles. The number of likely N-dealkylation sites (tertiary alicyclic amines) is 1. The molecule has 5 aliphatic rings. The first-order chi connectivity index (χ1) is 18.8. The van der Waals surface area contributed by atoms with Gasteiger partial charge in [0.1, 0.15) is 11.6 Å². The molecule has 3 amide bonds. The SMILES string of the molecule is CC(C)c1ccc(NC(=O)C2C3C=CC4(O3)C2C(=O)N(C2CCCCC2C)C4C(=O)NC2CCCCC2)cc1. The van der Waals surface area contributed by atoms with Crippen molar-refractivity contribution >= 4 is 23.4 Å². The Kier molecular flexibility index (Phi) is 7.07. The van der Waals surface area contributed by atoms with E-state index in [0.29, 0.717) is 17.5 Å². The van der Waals surface area contributed by atoms with E-state index in [0.717, 1.165) is 51.4 Å². The van der Waals surface area contributed by atoms with Crippen molar-refractivity contribution in [3.8, 4) is 0 Å². The van der Waals surface area contributed by atoms with E-state index in [9.17, 15) is 14.4 Å². The average Bonchev–Trinajstić information content (AvgIpc) is 3.57. The van der Waals surface area contributed by atoms with Crippen LogP contribution in [-0.2, 0) is 19.1 Å². The number of benzene rings is 1. The third kappa shape index (κ3) is 4.51. The predicted octanol–water partition coefficient (Wildman–Crippen LogP) is 4.93. The maximum absolute atomic E-state index is 14.4. The second-order valence-corrected chi connectivity index (χ2v) is 12.9. The van der Waals surface area contributed by atoms with Gasteiger partial charge in [0, 0.05) is 17.8 Å². The molecule has 2 saturated carbocycles. The molecule has 210 valence electrons. The van der Waals surface area contributed by atoms with Crippen molar-refractivity contribution in [2.24, 2.45) is 17.8 Å². The van der Waals surface area contributed by atoms with Gasteiger partial charge in [-0.1, -0.05) is 77.2 Å². The number of amides is 3. The Balaban J connectivity index is 1.30. The van der Waals surface area contributed by atoms with Crippen LogP contribution < -0.4 is 10.6 Å². The van der Waals surface area contributed by atoms with Crippen LogP contribution in [0.5, 0.6) is 0 Å². The van der Waals surface area contributed by atoms with Gasteiger partial charge in [0.05, 0.1) is 17.9 Å². The number of fused-ring (bicyclic) bond motifs is 1. The Bertz CT molecular complexity index is 1140. The van der Waals surface area contributed by atoms with E-state index in [1.807, 2.05) is 41.3 Å². The molecule has 0 radical (unpaired) electrons. The summed E-state index contributed by atoms with van der Waals surface area (Å²) in [6.07, 6.45) is 12.8. The van der Waals surface area contributed by atoms with Crippen molar-refractivity contribution in [2.45, 2.75) is 114 Å². The van der Waals surface area contributed by atoms with Crippen molar-refractivity contribution in [3.05, 3.63) is 42.0 Å². The molecule has 0 aromatic heterocycles.